The van der Waals surface area contributed by atoms with Crippen LogP contribution in [0.15, 0.2) is 24.3 Å². The van der Waals surface area contributed by atoms with Crippen LogP contribution in [0.3, 0.4) is 0 Å². The second kappa shape index (κ2) is 5.43. The van der Waals surface area contributed by atoms with E-state index in [9.17, 15) is 0 Å². The zero-order chi connectivity index (χ0) is 9.68. The molecule has 1 atom stereocenters. The van der Waals surface area contributed by atoms with Crippen LogP contribution in [0.1, 0.15) is 30.9 Å². The minimum atomic E-state index is 0.638. The van der Waals surface area contributed by atoms with E-state index in [1.807, 2.05) is 0 Å². The zero-order valence-corrected chi connectivity index (χ0v) is 9.97. The Hall–Kier alpha value is -0.300. The Balaban J connectivity index is 2.53. The van der Waals surface area contributed by atoms with Gasteiger partial charge in [0.15, 0.2) is 0 Å². The lowest BCUT2D eigenvalue weighted by Gasteiger charge is -2.08. The molecule has 0 spiro atoms. The summed E-state index contributed by atoms with van der Waals surface area (Å²) in [6.07, 6.45) is 3.66. The van der Waals surface area contributed by atoms with E-state index in [1.165, 1.54) is 24.0 Å². The molecular weight excluding hydrogens is 224 g/mol. The number of halogens is 1. The predicted octanol–water partition coefficient (Wildman–Crippen LogP) is 4.10. The molecule has 1 unspecified atom stereocenters. The Labute approximate surface area is 89.5 Å². The molecule has 0 aromatic heterocycles. The van der Waals surface area contributed by atoms with Crippen LogP contribution in [-0.2, 0) is 6.42 Å². The Kier molecular flexibility index (Phi) is 4.51. The minimum absolute atomic E-state index is 0.638. The molecule has 0 aliphatic heterocycles. The van der Waals surface area contributed by atoms with Crippen LogP contribution in [0.2, 0.25) is 0 Å². The molecule has 0 saturated heterocycles. The van der Waals surface area contributed by atoms with Crippen molar-refractivity contribution in [3.8, 4) is 0 Å². The van der Waals surface area contributed by atoms with E-state index in [-0.39, 0.29) is 0 Å². The van der Waals surface area contributed by atoms with Crippen molar-refractivity contribution in [2.75, 3.05) is 0 Å². The van der Waals surface area contributed by atoms with Crippen LogP contribution >= 0.6 is 15.9 Å². The first-order chi connectivity index (χ1) is 6.22. The first-order valence-corrected chi connectivity index (χ1v) is 5.83. The van der Waals surface area contributed by atoms with Gasteiger partial charge in [0.2, 0.25) is 0 Å². The Morgan fingerprint density at radius 1 is 1.38 bits per heavy atom. The zero-order valence-electron chi connectivity index (χ0n) is 8.39. The van der Waals surface area contributed by atoms with E-state index in [4.69, 9.17) is 0 Å². The Morgan fingerprint density at radius 3 is 2.77 bits per heavy atom. The van der Waals surface area contributed by atoms with Crippen LogP contribution in [0.25, 0.3) is 0 Å². The number of benzene rings is 1. The lowest BCUT2D eigenvalue weighted by molar-refractivity contribution is 0.744. The number of aryl methyl sites for hydroxylation is 1. The fourth-order valence-corrected chi connectivity index (χ4v) is 2.34. The van der Waals surface area contributed by atoms with E-state index in [2.05, 4.69) is 54.0 Å². The van der Waals surface area contributed by atoms with E-state index >= 15 is 0 Å². The van der Waals surface area contributed by atoms with Gasteiger partial charge in [-0.3, -0.25) is 0 Å². The molecule has 1 aromatic rings. The molecule has 0 heterocycles. The van der Waals surface area contributed by atoms with Crippen molar-refractivity contribution in [3.05, 3.63) is 35.4 Å². The molecule has 0 amide bonds. The van der Waals surface area contributed by atoms with Gasteiger partial charge >= 0.3 is 0 Å². The number of rotatable bonds is 4. The van der Waals surface area contributed by atoms with Gasteiger partial charge in [-0.05, 0) is 25.3 Å². The van der Waals surface area contributed by atoms with Gasteiger partial charge in [-0.25, -0.2) is 0 Å². The summed E-state index contributed by atoms with van der Waals surface area (Å²) in [4.78, 5) is 0.638. The maximum atomic E-state index is 3.70. The van der Waals surface area contributed by atoms with E-state index in [0.717, 1.165) is 6.42 Å². The van der Waals surface area contributed by atoms with Gasteiger partial charge in [0.25, 0.3) is 0 Å². The molecule has 0 radical (unpaired) electrons. The lowest BCUT2D eigenvalue weighted by Crippen LogP contribution is -2.01. The van der Waals surface area contributed by atoms with Crippen LogP contribution in [0.4, 0.5) is 0 Å². The molecule has 0 aliphatic rings. The quantitative estimate of drug-likeness (QED) is 0.696. The van der Waals surface area contributed by atoms with Crippen molar-refractivity contribution < 1.29 is 0 Å². The number of alkyl halides is 1. The lowest BCUT2D eigenvalue weighted by atomic mass is 10.1. The fourth-order valence-electron chi connectivity index (χ4n) is 1.51. The average Bonchev–Trinajstić information content (AvgIpc) is 2.04. The average molecular weight is 241 g/mol. The molecule has 1 aromatic carbocycles. The first kappa shape index (κ1) is 10.8. The summed E-state index contributed by atoms with van der Waals surface area (Å²) in [5.74, 6) is 0. The van der Waals surface area contributed by atoms with Gasteiger partial charge in [-0.1, -0.05) is 59.1 Å². The molecule has 0 nitrogen and oxygen atoms in total. The van der Waals surface area contributed by atoms with Crippen molar-refractivity contribution in [1.29, 1.82) is 0 Å². The molecule has 13 heavy (non-hydrogen) atoms. The molecule has 1 heteroatoms. The normalized spacial score (nSPS) is 12.8. The molecule has 72 valence electrons. The molecule has 0 fully saturated rings. The highest BCUT2D eigenvalue weighted by Gasteiger charge is 2.03. The van der Waals surface area contributed by atoms with Crippen molar-refractivity contribution in [2.45, 2.75) is 37.9 Å². The van der Waals surface area contributed by atoms with Crippen LogP contribution in [-0.4, -0.2) is 4.83 Å². The van der Waals surface area contributed by atoms with E-state index in [0.29, 0.717) is 4.83 Å². The van der Waals surface area contributed by atoms with Gasteiger partial charge < -0.3 is 0 Å². The molecule has 0 aliphatic carbocycles. The van der Waals surface area contributed by atoms with Crippen molar-refractivity contribution in [2.24, 2.45) is 0 Å². The van der Waals surface area contributed by atoms with E-state index < -0.39 is 0 Å². The Bertz CT molecular complexity index is 255. The highest BCUT2D eigenvalue weighted by molar-refractivity contribution is 9.09. The summed E-state index contributed by atoms with van der Waals surface area (Å²) in [5, 5.41) is 0. The van der Waals surface area contributed by atoms with E-state index in [1.54, 1.807) is 0 Å². The van der Waals surface area contributed by atoms with Gasteiger partial charge in [0.05, 0.1) is 0 Å². The van der Waals surface area contributed by atoms with Gasteiger partial charge in [0.1, 0.15) is 0 Å². The summed E-state index contributed by atoms with van der Waals surface area (Å²) >= 11 is 3.70. The third-order valence-corrected chi connectivity index (χ3v) is 2.92. The molecular formula is C12H17Br. The highest BCUT2D eigenvalue weighted by Crippen LogP contribution is 2.15. The van der Waals surface area contributed by atoms with Gasteiger partial charge in [-0.15, -0.1) is 0 Å². The van der Waals surface area contributed by atoms with Crippen LogP contribution < -0.4 is 0 Å². The van der Waals surface area contributed by atoms with Crippen molar-refractivity contribution in [1.82, 2.24) is 0 Å². The third-order valence-electron chi connectivity index (χ3n) is 2.14. The second-order valence-electron chi connectivity index (χ2n) is 3.58. The summed E-state index contributed by atoms with van der Waals surface area (Å²) in [6.45, 7) is 4.37. The fraction of sp³-hybridized carbons (Fsp3) is 0.500. The monoisotopic (exact) mass is 240 g/mol. The topological polar surface area (TPSA) is 0 Å². The second-order valence-corrected chi connectivity index (χ2v) is 4.87. The molecule has 0 N–H and O–H groups in total. The molecule has 0 bridgehead atoms. The van der Waals surface area contributed by atoms with Gasteiger partial charge in [-0.2, -0.15) is 0 Å². The molecule has 1 rings (SSSR count). The van der Waals surface area contributed by atoms with Gasteiger partial charge in [0, 0.05) is 4.83 Å². The predicted molar refractivity (Wildman–Crippen MR) is 62.5 cm³/mol. The summed E-state index contributed by atoms with van der Waals surface area (Å²) in [7, 11) is 0. The maximum absolute atomic E-state index is 3.70. The summed E-state index contributed by atoms with van der Waals surface area (Å²) < 4.78 is 0. The van der Waals surface area contributed by atoms with Crippen LogP contribution in [0.5, 0.6) is 0 Å². The largest absolute Gasteiger partial charge is 0.0887 e. The third kappa shape index (κ3) is 3.95. The minimum Gasteiger partial charge on any atom is -0.0887 e. The Morgan fingerprint density at radius 2 is 2.15 bits per heavy atom. The summed E-state index contributed by atoms with van der Waals surface area (Å²) in [6, 6.07) is 8.75. The van der Waals surface area contributed by atoms with Crippen molar-refractivity contribution >= 4 is 15.9 Å². The highest BCUT2D eigenvalue weighted by atomic mass is 79.9. The number of hydrogen-bond acceptors (Lipinski definition) is 0. The standard InChI is InChI=1S/C12H17Br/c1-3-5-12(13)9-11-7-4-6-10(2)8-11/h4,6-8,12H,3,5,9H2,1-2H3. The maximum Gasteiger partial charge on any atom is 0.0186 e. The smallest absolute Gasteiger partial charge is 0.0186 e. The molecule has 0 saturated carbocycles. The first-order valence-electron chi connectivity index (χ1n) is 4.92. The van der Waals surface area contributed by atoms with Crippen molar-refractivity contribution in [3.63, 3.8) is 0 Å². The van der Waals surface area contributed by atoms with Crippen LogP contribution in [0, 0.1) is 6.92 Å². The SMILES string of the molecule is CCCC(Br)Cc1cccc(C)c1. The summed E-state index contributed by atoms with van der Waals surface area (Å²) in [5.41, 5.74) is 2.80. The number of hydrogen-bond donors (Lipinski definition) is 0.